The van der Waals surface area contributed by atoms with E-state index in [1.54, 1.807) is 49.4 Å². The summed E-state index contributed by atoms with van der Waals surface area (Å²) >= 11 is 0. The van der Waals surface area contributed by atoms with Gasteiger partial charge in [0.15, 0.2) is 15.7 Å². The lowest BCUT2D eigenvalue weighted by molar-refractivity contribution is -0.115. The van der Waals surface area contributed by atoms with Crippen molar-refractivity contribution in [1.82, 2.24) is 4.98 Å². The van der Waals surface area contributed by atoms with Crippen LogP contribution in [-0.4, -0.2) is 25.1 Å². The highest BCUT2D eigenvalue weighted by atomic mass is 32.2. The first-order chi connectivity index (χ1) is 18.2. The minimum absolute atomic E-state index is 0.0122. The van der Waals surface area contributed by atoms with Crippen LogP contribution in [-0.2, 0) is 21.1 Å². The van der Waals surface area contributed by atoms with Gasteiger partial charge in [0.05, 0.1) is 28.7 Å². The largest absolute Gasteiger partial charge is 0.457 e. The van der Waals surface area contributed by atoms with Crippen molar-refractivity contribution < 1.29 is 26.7 Å². The van der Waals surface area contributed by atoms with E-state index in [2.05, 4.69) is 10.3 Å². The van der Waals surface area contributed by atoms with Gasteiger partial charge in [0, 0.05) is 29.1 Å². The van der Waals surface area contributed by atoms with E-state index in [9.17, 15) is 27.3 Å². The van der Waals surface area contributed by atoms with Gasteiger partial charge in [0.25, 0.3) is 0 Å². The number of halogens is 2. The molecule has 0 aliphatic carbocycles. The topological polar surface area (TPSA) is 109 Å². The zero-order valence-corrected chi connectivity index (χ0v) is 20.9. The lowest BCUT2D eigenvalue weighted by atomic mass is 10.1. The molecule has 1 heterocycles. The highest BCUT2D eigenvalue weighted by Gasteiger charge is 2.15. The molecule has 4 rings (SSSR count). The lowest BCUT2D eigenvalue weighted by Crippen LogP contribution is -2.14. The molecule has 0 bridgehead atoms. The predicted molar refractivity (Wildman–Crippen MR) is 137 cm³/mol. The third-order valence-electron chi connectivity index (χ3n) is 5.59. The van der Waals surface area contributed by atoms with Crippen LogP contribution in [0.1, 0.15) is 18.1 Å². The number of nitrogens with zero attached hydrogens (tertiary/aromatic N) is 2. The second-order valence-corrected chi connectivity index (χ2v) is 10.5. The van der Waals surface area contributed by atoms with Gasteiger partial charge in [-0.25, -0.2) is 17.8 Å². The smallest absolute Gasteiger partial charge is 0.248 e. The number of nitriles is 1. The maximum Gasteiger partial charge on any atom is 0.248 e. The maximum absolute atomic E-state index is 13.9. The number of hydrogen-bond acceptors (Lipinski definition) is 6. The number of ether oxygens (including phenoxy) is 1. The van der Waals surface area contributed by atoms with Gasteiger partial charge in [-0.3, -0.25) is 4.79 Å². The van der Waals surface area contributed by atoms with E-state index in [1.165, 1.54) is 24.3 Å². The second-order valence-electron chi connectivity index (χ2n) is 8.22. The average Bonchev–Trinajstić information content (AvgIpc) is 2.91. The maximum atomic E-state index is 13.9. The van der Waals surface area contributed by atoms with Crippen molar-refractivity contribution in [3.8, 4) is 28.7 Å². The fourth-order valence-corrected chi connectivity index (χ4v) is 4.50. The van der Waals surface area contributed by atoms with Gasteiger partial charge in [-0.05, 0) is 54.1 Å². The van der Waals surface area contributed by atoms with Gasteiger partial charge in [-0.15, -0.1) is 0 Å². The van der Waals surface area contributed by atoms with E-state index in [0.717, 1.165) is 12.3 Å². The Hall–Kier alpha value is -4.62. The molecule has 4 aromatic rings. The van der Waals surface area contributed by atoms with E-state index in [-0.39, 0.29) is 34.3 Å². The first-order valence-corrected chi connectivity index (χ1v) is 13.1. The van der Waals surface area contributed by atoms with Gasteiger partial charge >= 0.3 is 0 Å². The molecule has 0 saturated heterocycles. The molecule has 0 atom stereocenters. The third kappa shape index (κ3) is 6.19. The number of hydrogen-bond donors (Lipinski definition) is 1. The molecule has 3 aromatic carbocycles. The highest BCUT2D eigenvalue weighted by molar-refractivity contribution is 7.91. The van der Waals surface area contributed by atoms with Gasteiger partial charge < -0.3 is 10.1 Å². The summed E-state index contributed by atoms with van der Waals surface area (Å²) in [6.45, 7) is 1.56. The number of rotatable bonds is 8. The Kier molecular flexibility index (Phi) is 7.79. The van der Waals surface area contributed by atoms with Crippen LogP contribution in [0.2, 0.25) is 0 Å². The Morgan fingerprint density at radius 2 is 1.82 bits per heavy atom. The Balaban J connectivity index is 1.60. The lowest BCUT2D eigenvalue weighted by Gasteiger charge is -2.14. The number of anilines is 1. The van der Waals surface area contributed by atoms with Crippen molar-refractivity contribution >= 4 is 21.4 Å². The Morgan fingerprint density at radius 3 is 2.50 bits per heavy atom. The van der Waals surface area contributed by atoms with E-state index < -0.39 is 21.6 Å². The highest BCUT2D eigenvalue weighted by Crippen LogP contribution is 2.36. The molecule has 10 heteroatoms. The van der Waals surface area contributed by atoms with Crippen molar-refractivity contribution in [2.75, 3.05) is 11.1 Å². The summed E-state index contributed by atoms with van der Waals surface area (Å²) in [7, 11) is -3.34. The minimum Gasteiger partial charge on any atom is -0.457 e. The molecule has 192 valence electrons. The number of carbonyl (C=O) groups excluding carboxylic acids is 1. The molecule has 0 aliphatic heterocycles. The summed E-state index contributed by atoms with van der Waals surface area (Å²) < 4.78 is 57.2. The number of carbonyl (C=O) groups is 1. The molecule has 0 radical (unpaired) electrons. The van der Waals surface area contributed by atoms with E-state index in [0.29, 0.717) is 28.1 Å². The molecule has 0 fully saturated rings. The molecule has 0 aliphatic rings. The normalized spacial score (nSPS) is 11.0. The predicted octanol–water partition coefficient (Wildman–Crippen LogP) is 5.67. The van der Waals surface area contributed by atoms with Crippen molar-refractivity contribution in [2.24, 2.45) is 0 Å². The van der Waals surface area contributed by atoms with Crippen LogP contribution in [0.5, 0.6) is 11.5 Å². The molecule has 7 nitrogen and oxygen atoms in total. The SMILES string of the molecule is CCS(=O)(=O)c1ccc(CC(=O)Nc2ccc(-c3cnc(F)c(F)c3)c(Oc3cccc(C#N)c3)c2)cc1. The third-order valence-corrected chi connectivity index (χ3v) is 7.34. The fraction of sp³-hybridized carbons (Fsp3) is 0.107. The first-order valence-electron chi connectivity index (χ1n) is 11.4. The van der Waals surface area contributed by atoms with E-state index >= 15 is 0 Å². The van der Waals surface area contributed by atoms with Crippen molar-refractivity contribution in [3.05, 3.63) is 102 Å². The fourth-order valence-electron chi connectivity index (χ4n) is 3.62. The molecule has 0 unspecified atom stereocenters. The Labute approximate surface area is 218 Å². The molecular weight excluding hydrogens is 512 g/mol. The summed E-state index contributed by atoms with van der Waals surface area (Å²) in [6, 6.07) is 20.1. The van der Waals surface area contributed by atoms with Crippen molar-refractivity contribution in [1.29, 1.82) is 5.26 Å². The van der Waals surface area contributed by atoms with E-state index in [1.807, 2.05) is 6.07 Å². The monoisotopic (exact) mass is 533 g/mol. The zero-order chi connectivity index (χ0) is 27.3. The van der Waals surface area contributed by atoms with Crippen LogP contribution in [0.15, 0.2) is 83.9 Å². The average molecular weight is 534 g/mol. The summed E-state index contributed by atoms with van der Waals surface area (Å²) in [5.41, 5.74) is 1.97. The second kappa shape index (κ2) is 11.2. The van der Waals surface area contributed by atoms with Gasteiger partial charge in [-0.2, -0.15) is 9.65 Å². The van der Waals surface area contributed by atoms with Gasteiger partial charge in [0.2, 0.25) is 11.9 Å². The van der Waals surface area contributed by atoms with Crippen LogP contribution in [0.3, 0.4) is 0 Å². The quantitative estimate of drug-likeness (QED) is 0.293. The number of pyridine rings is 1. The molecule has 0 saturated carbocycles. The number of sulfone groups is 1. The molecule has 38 heavy (non-hydrogen) atoms. The summed E-state index contributed by atoms with van der Waals surface area (Å²) in [5, 5.41) is 11.9. The summed E-state index contributed by atoms with van der Waals surface area (Å²) in [4.78, 5) is 16.3. The zero-order valence-electron chi connectivity index (χ0n) is 20.1. The van der Waals surface area contributed by atoms with Crippen LogP contribution >= 0.6 is 0 Å². The Bertz CT molecular complexity index is 1650. The van der Waals surface area contributed by atoms with Crippen LogP contribution in [0, 0.1) is 23.1 Å². The van der Waals surface area contributed by atoms with Gasteiger partial charge in [0.1, 0.15) is 11.5 Å². The molecule has 1 N–H and O–H groups in total. The minimum atomic E-state index is -3.34. The number of amides is 1. The summed E-state index contributed by atoms with van der Waals surface area (Å²) in [5.74, 6) is -2.21. The van der Waals surface area contributed by atoms with Crippen LogP contribution in [0.25, 0.3) is 11.1 Å². The Morgan fingerprint density at radius 1 is 1.05 bits per heavy atom. The molecule has 0 spiro atoms. The number of benzene rings is 3. The molecule has 1 amide bonds. The van der Waals surface area contributed by atoms with Gasteiger partial charge in [-0.1, -0.05) is 25.1 Å². The number of nitrogens with one attached hydrogen (secondary N) is 1. The summed E-state index contributed by atoms with van der Waals surface area (Å²) in [6.07, 6.45) is 1.15. The standard InChI is InChI=1S/C28H21F2N3O4S/c1-2-38(35,36)23-9-6-18(7-10-23)13-27(34)33-21-8-11-24(20-14-25(29)28(30)32-17-20)26(15-21)37-22-5-3-4-19(12-22)16-31/h3-12,14-15,17H,2,13H2,1H3,(H,33,34). The number of aromatic nitrogens is 1. The van der Waals surface area contributed by atoms with Crippen molar-refractivity contribution in [2.45, 2.75) is 18.2 Å². The van der Waals surface area contributed by atoms with Crippen LogP contribution < -0.4 is 10.1 Å². The van der Waals surface area contributed by atoms with Crippen LogP contribution in [0.4, 0.5) is 14.5 Å². The molecule has 1 aromatic heterocycles. The van der Waals surface area contributed by atoms with Crippen molar-refractivity contribution in [3.63, 3.8) is 0 Å². The molecular formula is C28H21F2N3O4S. The van der Waals surface area contributed by atoms with E-state index in [4.69, 9.17) is 4.74 Å². The first kappa shape index (κ1) is 26.4.